The van der Waals surface area contributed by atoms with Gasteiger partial charge in [-0.15, -0.1) is 0 Å². The van der Waals surface area contributed by atoms with Crippen LogP contribution in [-0.2, 0) is 27.9 Å². The Morgan fingerprint density at radius 3 is 1.60 bits per heavy atom. The van der Waals surface area contributed by atoms with Gasteiger partial charge in [0, 0.05) is 12.8 Å². The standard InChI is InChI=1S/C58H97N2O7P/c1-7-10-13-16-19-22-25-27-29-30-31-32-35-38-41-44-47-50-57(61)59-55(54-66-68(63,64)65-53-52-60(4,5)6)56(49-46-43-40-37-34-24-21-18-15-12-9-3)67-58(62)51-48-45-42-39-36-33-28-26-23-20-17-14-11-8-2/h10-11,13-14,16,19-20,22-23,25,27-33,35,46,49,55-56H,7-9,12,15,17-18,21,24,26,34,36-45,47-48,50-54H2,1-6H3,(H-,59,61,63,64)/p+1/b13-10-,14-11+,19-16+,23-20+,25-22+,29-27-,31-30+,33-28+,35-32+,49-46+. The first-order valence-corrected chi connectivity index (χ1v) is 27.9. The Morgan fingerprint density at radius 2 is 1.01 bits per heavy atom. The number of nitrogens with zero attached hydrogens (tertiary/aromatic N) is 1. The number of phosphoric ester groups is 1. The highest BCUT2D eigenvalue weighted by Crippen LogP contribution is 2.43. The number of likely N-dealkylation sites (N-methyl/N-ethyl adjacent to an activating group) is 1. The third-order valence-electron chi connectivity index (χ3n) is 10.8. The Kier molecular flexibility index (Phi) is 44.6. The molecule has 68 heavy (non-hydrogen) atoms. The zero-order chi connectivity index (χ0) is 50.1. The highest BCUT2D eigenvalue weighted by molar-refractivity contribution is 7.47. The summed E-state index contributed by atoms with van der Waals surface area (Å²) in [5.74, 6) is -0.597. The van der Waals surface area contributed by atoms with Crippen LogP contribution < -0.4 is 5.32 Å². The van der Waals surface area contributed by atoms with Crippen molar-refractivity contribution in [2.24, 2.45) is 0 Å². The van der Waals surface area contributed by atoms with Gasteiger partial charge in [-0.1, -0.05) is 207 Å². The predicted octanol–water partition coefficient (Wildman–Crippen LogP) is 15.6. The third-order valence-corrected chi connectivity index (χ3v) is 11.8. The molecule has 0 radical (unpaired) electrons. The summed E-state index contributed by atoms with van der Waals surface area (Å²) in [7, 11) is 1.43. The molecule has 0 aliphatic carbocycles. The molecule has 0 aromatic heterocycles. The summed E-state index contributed by atoms with van der Waals surface area (Å²) in [5.41, 5.74) is 0. The van der Waals surface area contributed by atoms with Crippen molar-refractivity contribution >= 4 is 19.7 Å². The van der Waals surface area contributed by atoms with Crippen molar-refractivity contribution in [3.8, 4) is 0 Å². The zero-order valence-electron chi connectivity index (χ0n) is 43.8. The number of carbonyl (C=O) groups is 2. The van der Waals surface area contributed by atoms with Gasteiger partial charge in [-0.3, -0.25) is 18.6 Å². The fourth-order valence-corrected chi connectivity index (χ4v) is 7.48. The fraction of sp³-hybridized carbons (Fsp3) is 0.621. The average molecular weight is 966 g/mol. The van der Waals surface area contributed by atoms with Gasteiger partial charge in [-0.05, 0) is 83.1 Å². The van der Waals surface area contributed by atoms with Crippen LogP contribution in [0.5, 0.6) is 0 Å². The molecule has 0 aromatic rings. The molecule has 0 aliphatic heterocycles. The number of esters is 1. The second kappa shape index (κ2) is 47.1. The second-order valence-corrected chi connectivity index (χ2v) is 19.9. The highest BCUT2D eigenvalue weighted by atomic mass is 31.2. The number of carbonyl (C=O) groups excluding carboxylic acids is 2. The molecular weight excluding hydrogens is 868 g/mol. The normalized spacial score (nSPS) is 14.9. The van der Waals surface area contributed by atoms with Gasteiger partial charge in [0.25, 0.3) is 0 Å². The Bertz CT molecular complexity index is 1580. The molecule has 386 valence electrons. The van der Waals surface area contributed by atoms with Crippen molar-refractivity contribution in [1.82, 2.24) is 5.32 Å². The van der Waals surface area contributed by atoms with Gasteiger partial charge in [0.2, 0.25) is 5.91 Å². The lowest BCUT2D eigenvalue weighted by molar-refractivity contribution is -0.870. The Hall–Kier alpha value is -3.59. The molecule has 0 heterocycles. The van der Waals surface area contributed by atoms with Crippen LogP contribution in [-0.4, -0.2) is 74.3 Å². The van der Waals surface area contributed by atoms with Crippen LogP contribution in [0.25, 0.3) is 0 Å². The van der Waals surface area contributed by atoms with E-state index in [0.717, 1.165) is 89.9 Å². The monoisotopic (exact) mass is 966 g/mol. The van der Waals surface area contributed by atoms with Crippen LogP contribution >= 0.6 is 7.82 Å². The van der Waals surface area contributed by atoms with Crippen molar-refractivity contribution in [2.75, 3.05) is 40.9 Å². The molecular formula is C58H98N2O7P+. The zero-order valence-corrected chi connectivity index (χ0v) is 44.7. The van der Waals surface area contributed by atoms with E-state index >= 15 is 0 Å². The predicted molar refractivity (Wildman–Crippen MR) is 290 cm³/mol. The van der Waals surface area contributed by atoms with Crippen LogP contribution in [0.2, 0.25) is 0 Å². The first kappa shape index (κ1) is 64.4. The maximum Gasteiger partial charge on any atom is 0.472 e. The number of unbranched alkanes of at least 4 members (excludes halogenated alkanes) is 16. The van der Waals surface area contributed by atoms with E-state index in [0.29, 0.717) is 23.9 Å². The third kappa shape index (κ3) is 47.5. The van der Waals surface area contributed by atoms with E-state index in [-0.39, 0.29) is 37.9 Å². The van der Waals surface area contributed by atoms with E-state index < -0.39 is 20.0 Å². The lowest BCUT2D eigenvalue weighted by atomic mass is 10.1. The summed E-state index contributed by atoms with van der Waals surface area (Å²) in [6, 6.07) is -0.888. The summed E-state index contributed by atoms with van der Waals surface area (Å²) < 4.78 is 30.5. The maximum atomic E-state index is 13.4. The average Bonchev–Trinajstić information content (AvgIpc) is 3.29. The Balaban J connectivity index is 5.54. The topological polar surface area (TPSA) is 111 Å². The van der Waals surface area contributed by atoms with E-state index in [2.05, 4.69) is 74.7 Å². The molecule has 0 aliphatic rings. The number of ether oxygens (including phenoxy) is 1. The molecule has 0 spiro atoms. The number of nitrogens with one attached hydrogen (secondary N) is 1. The molecule has 0 rings (SSSR count). The van der Waals surface area contributed by atoms with Gasteiger partial charge < -0.3 is 19.4 Å². The summed E-state index contributed by atoms with van der Waals surface area (Å²) in [4.78, 5) is 37.4. The van der Waals surface area contributed by atoms with Gasteiger partial charge in [0.1, 0.15) is 19.3 Å². The summed E-state index contributed by atoms with van der Waals surface area (Å²) in [6.45, 7) is 6.65. The Morgan fingerprint density at radius 1 is 0.544 bits per heavy atom. The van der Waals surface area contributed by atoms with Gasteiger partial charge in [0.15, 0.2) is 0 Å². The SMILES string of the molecule is CC\C=C/C=C/C=C/C=C\C=C\C=C\CCCCCC(=O)NC(COP(=O)(O)OCC[N+](C)(C)C)C(/C=C/CCCCCCCCCCC)OC(=O)CCCCCC/C=C/C/C=C/C/C=C/CC. The number of hydrogen-bond donors (Lipinski definition) is 2. The molecule has 1 amide bonds. The summed E-state index contributed by atoms with van der Waals surface area (Å²) >= 11 is 0. The Labute approximate surface area is 416 Å². The molecule has 0 fully saturated rings. The molecule has 9 nitrogen and oxygen atoms in total. The van der Waals surface area contributed by atoms with Crippen molar-refractivity contribution in [3.05, 3.63) is 122 Å². The minimum absolute atomic E-state index is 0.0198. The lowest BCUT2D eigenvalue weighted by Crippen LogP contribution is -2.47. The van der Waals surface area contributed by atoms with Gasteiger partial charge in [-0.25, -0.2) is 4.57 Å². The van der Waals surface area contributed by atoms with Crippen LogP contribution in [0.4, 0.5) is 0 Å². The minimum Gasteiger partial charge on any atom is -0.456 e. The number of amides is 1. The number of rotatable bonds is 45. The quantitative estimate of drug-likeness (QED) is 0.0156. The van der Waals surface area contributed by atoms with Gasteiger partial charge in [-0.2, -0.15) is 0 Å². The molecule has 3 atom stereocenters. The van der Waals surface area contributed by atoms with Crippen LogP contribution in [0.3, 0.4) is 0 Å². The van der Waals surface area contributed by atoms with E-state index in [1.165, 1.54) is 44.9 Å². The largest absolute Gasteiger partial charge is 0.472 e. The molecule has 0 bridgehead atoms. The van der Waals surface area contributed by atoms with Crippen molar-refractivity contribution in [2.45, 2.75) is 193 Å². The molecule has 3 unspecified atom stereocenters. The first-order chi connectivity index (χ1) is 32.9. The van der Waals surface area contributed by atoms with Gasteiger partial charge in [0.05, 0.1) is 33.8 Å². The number of quaternary nitrogens is 1. The molecule has 2 N–H and O–H groups in total. The van der Waals surface area contributed by atoms with E-state index in [1.54, 1.807) is 0 Å². The molecule has 0 saturated heterocycles. The molecule has 0 aromatic carbocycles. The highest BCUT2D eigenvalue weighted by Gasteiger charge is 2.30. The van der Waals surface area contributed by atoms with Gasteiger partial charge >= 0.3 is 13.8 Å². The number of hydrogen-bond acceptors (Lipinski definition) is 6. The van der Waals surface area contributed by atoms with Crippen LogP contribution in [0.1, 0.15) is 181 Å². The minimum atomic E-state index is -4.47. The lowest BCUT2D eigenvalue weighted by Gasteiger charge is -2.27. The van der Waals surface area contributed by atoms with Crippen LogP contribution in [0, 0.1) is 0 Å². The summed E-state index contributed by atoms with van der Waals surface area (Å²) in [5, 5.41) is 3.00. The van der Waals surface area contributed by atoms with E-state index in [9.17, 15) is 19.0 Å². The number of allylic oxidation sites excluding steroid dienone is 19. The number of phosphoric acid groups is 1. The second-order valence-electron chi connectivity index (χ2n) is 18.4. The smallest absolute Gasteiger partial charge is 0.456 e. The van der Waals surface area contributed by atoms with Crippen molar-refractivity contribution < 1.29 is 37.3 Å². The van der Waals surface area contributed by atoms with Crippen molar-refractivity contribution in [3.63, 3.8) is 0 Å². The summed E-state index contributed by atoms with van der Waals surface area (Å²) in [6.07, 6.45) is 64.8. The fourth-order valence-electron chi connectivity index (χ4n) is 6.75. The molecule has 10 heteroatoms. The molecule has 0 saturated carbocycles. The maximum absolute atomic E-state index is 13.4. The van der Waals surface area contributed by atoms with E-state index in [4.69, 9.17) is 13.8 Å². The van der Waals surface area contributed by atoms with Crippen molar-refractivity contribution in [1.29, 1.82) is 0 Å². The first-order valence-electron chi connectivity index (χ1n) is 26.4. The van der Waals surface area contributed by atoms with E-state index in [1.807, 2.05) is 94.1 Å². The van der Waals surface area contributed by atoms with Crippen LogP contribution in [0.15, 0.2) is 122 Å².